The Morgan fingerprint density at radius 3 is 2.88 bits per heavy atom. The molecule has 0 saturated heterocycles. The summed E-state index contributed by atoms with van der Waals surface area (Å²) in [6.45, 7) is 2.27. The van der Waals surface area contributed by atoms with Crippen molar-refractivity contribution in [2.45, 2.75) is 24.7 Å². The van der Waals surface area contributed by atoms with E-state index in [1.807, 2.05) is 25.3 Å². The van der Waals surface area contributed by atoms with Gasteiger partial charge in [-0.15, -0.1) is 11.8 Å². The summed E-state index contributed by atoms with van der Waals surface area (Å²) >= 11 is 5.20. The van der Waals surface area contributed by atoms with E-state index in [2.05, 4.69) is 22.0 Å². The van der Waals surface area contributed by atoms with E-state index in [1.54, 1.807) is 11.8 Å². The fourth-order valence-electron chi connectivity index (χ4n) is 1.45. The van der Waals surface area contributed by atoms with Crippen molar-refractivity contribution in [3.8, 4) is 0 Å². The van der Waals surface area contributed by atoms with Crippen molar-refractivity contribution < 1.29 is 9.53 Å². The Balaban J connectivity index is 2.66. The van der Waals surface area contributed by atoms with E-state index in [9.17, 15) is 4.79 Å². The second-order valence-electron chi connectivity index (χ2n) is 3.24. The fraction of sp³-hybridized carbons (Fsp3) is 0.417. The van der Waals surface area contributed by atoms with Crippen molar-refractivity contribution in [2.24, 2.45) is 0 Å². The summed E-state index contributed by atoms with van der Waals surface area (Å²) in [7, 11) is 0. The van der Waals surface area contributed by atoms with E-state index in [4.69, 9.17) is 4.74 Å². The number of carbonyl (C=O) groups is 1. The average Bonchev–Trinajstić information content (AvgIpc) is 2.27. The second-order valence-corrected chi connectivity index (χ2v) is 4.91. The topological polar surface area (TPSA) is 26.3 Å². The molecule has 1 rings (SSSR count). The summed E-state index contributed by atoms with van der Waals surface area (Å²) in [4.78, 5) is 12.5. The van der Waals surface area contributed by atoms with Crippen molar-refractivity contribution in [2.75, 3.05) is 12.9 Å². The van der Waals surface area contributed by atoms with Gasteiger partial charge in [0.25, 0.3) is 0 Å². The quantitative estimate of drug-likeness (QED) is 0.613. The first kappa shape index (κ1) is 13.6. The molecule has 0 aliphatic carbocycles. The minimum Gasteiger partial charge on any atom is -0.466 e. The highest BCUT2D eigenvalue weighted by atomic mass is 79.9. The van der Waals surface area contributed by atoms with Crippen molar-refractivity contribution in [1.82, 2.24) is 0 Å². The fourth-order valence-corrected chi connectivity index (χ4v) is 3.04. The third kappa shape index (κ3) is 3.83. The SMILES string of the molecule is CCOC(=O)CCc1cccc(Br)c1SC. The third-order valence-corrected chi connectivity index (χ3v) is 3.97. The van der Waals surface area contributed by atoms with Crippen LogP contribution in [0.1, 0.15) is 18.9 Å². The van der Waals surface area contributed by atoms with Gasteiger partial charge in [-0.25, -0.2) is 0 Å². The largest absolute Gasteiger partial charge is 0.466 e. The molecule has 0 spiro atoms. The number of halogens is 1. The molecule has 0 radical (unpaired) electrons. The summed E-state index contributed by atoms with van der Waals surface area (Å²) in [5.41, 5.74) is 1.19. The third-order valence-electron chi connectivity index (χ3n) is 2.16. The first-order chi connectivity index (χ1) is 7.69. The van der Waals surface area contributed by atoms with Gasteiger partial charge < -0.3 is 4.74 Å². The smallest absolute Gasteiger partial charge is 0.306 e. The maximum absolute atomic E-state index is 11.3. The van der Waals surface area contributed by atoms with Crippen LogP contribution in [0.5, 0.6) is 0 Å². The highest BCUT2D eigenvalue weighted by Crippen LogP contribution is 2.30. The standard InChI is InChI=1S/C12H15BrO2S/c1-3-15-11(14)8-7-9-5-4-6-10(13)12(9)16-2/h4-6H,3,7-8H2,1-2H3. The molecule has 0 aliphatic heterocycles. The minimum absolute atomic E-state index is 0.130. The number of rotatable bonds is 5. The monoisotopic (exact) mass is 302 g/mol. The van der Waals surface area contributed by atoms with Gasteiger partial charge in [0.1, 0.15) is 0 Å². The maximum Gasteiger partial charge on any atom is 0.306 e. The number of hydrogen-bond acceptors (Lipinski definition) is 3. The Morgan fingerprint density at radius 2 is 2.25 bits per heavy atom. The molecule has 88 valence electrons. The predicted octanol–water partition coefficient (Wildman–Crippen LogP) is 3.67. The molecule has 0 atom stereocenters. The highest BCUT2D eigenvalue weighted by Gasteiger charge is 2.08. The predicted molar refractivity (Wildman–Crippen MR) is 70.9 cm³/mol. The lowest BCUT2D eigenvalue weighted by molar-refractivity contribution is -0.143. The number of thioether (sulfide) groups is 1. The lowest BCUT2D eigenvalue weighted by Gasteiger charge is -2.08. The number of ether oxygens (including phenoxy) is 1. The van der Waals surface area contributed by atoms with Crippen LogP contribution in [0.3, 0.4) is 0 Å². The molecule has 0 aromatic heterocycles. The Kier molecular flexibility index (Phi) is 5.91. The molecule has 4 heteroatoms. The van der Waals surface area contributed by atoms with Crippen LogP contribution in [-0.2, 0) is 16.0 Å². The van der Waals surface area contributed by atoms with Crippen molar-refractivity contribution in [1.29, 1.82) is 0 Å². The zero-order chi connectivity index (χ0) is 12.0. The number of carbonyl (C=O) groups excluding carboxylic acids is 1. The molecule has 0 fully saturated rings. The first-order valence-corrected chi connectivity index (χ1v) is 7.17. The van der Waals surface area contributed by atoms with E-state index < -0.39 is 0 Å². The summed E-state index contributed by atoms with van der Waals surface area (Å²) in [6, 6.07) is 6.06. The van der Waals surface area contributed by atoms with Crippen LogP contribution in [0.4, 0.5) is 0 Å². The molecule has 0 aliphatic rings. The molecule has 1 aromatic carbocycles. The Bertz CT molecular complexity index is 366. The van der Waals surface area contributed by atoms with Gasteiger partial charge in [0.2, 0.25) is 0 Å². The van der Waals surface area contributed by atoms with Gasteiger partial charge >= 0.3 is 5.97 Å². The zero-order valence-electron chi connectivity index (χ0n) is 9.46. The summed E-state index contributed by atoms with van der Waals surface area (Å²) in [6.07, 6.45) is 3.21. The lowest BCUT2D eigenvalue weighted by atomic mass is 10.1. The van der Waals surface area contributed by atoms with E-state index in [-0.39, 0.29) is 5.97 Å². The summed E-state index contributed by atoms with van der Waals surface area (Å²) in [5.74, 6) is -0.130. The van der Waals surface area contributed by atoms with Crippen molar-refractivity contribution in [3.05, 3.63) is 28.2 Å². The van der Waals surface area contributed by atoms with Crippen LogP contribution in [0.2, 0.25) is 0 Å². The van der Waals surface area contributed by atoms with Gasteiger partial charge in [-0.3, -0.25) is 4.79 Å². The zero-order valence-corrected chi connectivity index (χ0v) is 11.9. The molecule has 2 nitrogen and oxygen atoms in total. The van der Waals surface area contributed by atoms with Gasteiger partial charge in [0, 0.05) is 15.8 Å². The first-order valence-electron chi connectivity index (χ1n) is 5.16. The molecule has 0 bridgehead atoms. The van der Waals surface area contributed by atoms with Crippen LogP contribution < -0.4 is 0 Å². The Labute approximate surface area is 109 Å². The van der Waals surface area contributed by atoms with Crippen molar-refractivity contribution in [3.63, 3.8) is 0 Å². The van der Waals surface area contributed by atoms with E-state index >= 15 is 0 Å². The van der Waals surface area contributed by atoms with E-state index in [0.717, 1.165) is 10.9 Å². The van der Waals surface area contributed by atoms with Gasteiger partial charge in [-0.05, 0) is 47.2 Å². The average molecular weight is 303 g/mol. The van der Waals surface area contributed by atoms with Crippen LogP contribution in [0.25, 0.3) is 0 Å². The molecule has 0 heterocycles. The molecule has 0 N–H and O–H groups in total. The van der Waals surface area contributed by atoms with Crippen LogP contribution in [0.15, 0.2) is 27.6 Å². The molecular formula is C12H15BrO2S. The van der Waals surface area contributed by atoms with Gasteiger partial charge in [-0.1, -0.05) is 12.1 Å². The van der Waals surface area contributed by atoms with Crippen LogP contribution >= 0.6 is 27.7 Å². The molecule has 16 heavy (non-hydrogen) atoms. The molecular weight excluding hydrogens is 288 g/mol. The number of benzene rings is 1. The normalized spacial score (nSPS) is 10.2. The van der Waals surface area contributed by atoms with Crippen LogP contribution in [-0.4, -0.2) is 18.8 Å². The van der Waals surface area contributed by atoms with E-state index in [0.29, 0.717) is 13.0 Å². The second kappa shape index (κ2) is 6.97. The Hall–Kier alpha value is -0.480. The van der Waals surface area contributed by atoms with E-state index in [1.165, 1.54) is 10.5 Å². The number of aryl methyl sites for hydroxylation is 1. The van der Waals surface area contributed by atoms with Gasteiger partial charge in [-0.2, -0.15) is 0 Å². The van der Waals surface area contributed by atoms with Crippen LogP contribution in [0, 0.1) is 0 Å². The number of hydrogen-bond donors (Lipinski definition) is 0. The lowest BCUT2D eigenvalue weighted by Crippen LogP contribution is -2.05. The highest BCUT2D eigenvalue weighted by molar-refractivity contribution is 9.10. The van der Waals surface area contributed by atoms with Crippen molar-refractivity contribution >= 4 is 33.7 Å². The molecule has 1 aromatic rings. The molecule has 0 saturated carbocycles. The maximum atomic E-state index is 11.3. The Morgan fingerprint density at radius 1 is 1.50 bits per heavy atom. The van der Waals surface area contributed by atoms with Gasteiger partial charge in [0.05, 0.1) is 6.61 Å². The molecule has 0 unspecified atom stereocenters. The number of esters is 1. The minimum atomic E-state index is -0.130. The molecule has 0 amide bonds. The summed E-state index contributed by atoms with van der Waals surface area (Å²) < 4.78 is 5.99. The van der Waals surface area contributed by atoms with Gasteiger partial charge in [0.15, 0.2) is 0 Å². The summed E-state index contributed by atoms with van der Waals surface area (Å²) in [5, 5.41) is 0.